The van der Waals surface area contributed by atoms with Gasteiger partial charge in [-0.1, -0.05) is 18.2 Å². The van der Waals surface area contributed by atoms with Gasteiger partial charge in [-0.25, -0.2) is 9.18 Å². The first-order chi connectivity index (χ1) is 15.7. The van der Waals surface area contributed by atoms with E-state index in [0.717, 1.165) is 29.7 Å². The van der Waals surface area contributed by atoms with Gasteiger partial charge in [0, 0.05) is 17.3 Å². The molecule has 1 aliphatic heterocycles. The molecule has 174 valence electrons. The molecule has 2 fully saturated rings. The molecule has 0 spiro atoms. The molecule has 2 aromatic rings. The number of benzene rings is 1. The van der Waals surface area contributed by atoms with E-state index < -0.39 is 29.6 Å². The number of carbonyl (C=O) groups excluding carboxylic acids is 2. The molecular formula is C25H28FN3O3S. The van der Waals surface area contributed by atoms with E-state index in [4.69, 9.17) is 4.74 Å². The summed E-state index contributed by atoms with van der Waals surface area (Å²) in [5.74, 6) is -0.746. The molecule has 1 saturated heterocycles. The third-order valence-electron chi connectivity index (χ3n) is 6.21. The molecule has 8 heteroatoms. The summed E-state index contributed by atoms with van der Waals surface area (Å²) in [5.41, 5.74) is 0.472. The topological polar surface area (TPSA) is 82.4 Å². The van der Waals surface area contributed by atoms with Gasteiger partial charge in [-0.15, -0.1) is 11.3 Å². The van der Waals surface area contributed by atoms with Crippen LogP contribution in [0.4, 0.5) is 9.18 Å². The van der Waals surface area contributed by atoms with E-state index >= 15 is 0 Å². The highest BCUT2D eigenvalue weighted by Gasteiger charge is 2.52. The summed E-state index contributed by atoms with van der Waals surface area (Å²) in [6.45, 7) is 5.37. The minimum absolute atomic E-state index is 0.0247. The van der Waals surface area contributed by atoms with Crippen LogP contribution in [-0.4, -0.2) is 40.6 Å². The molecule has 6 nitrogen and oxygen atoms in total. The summed E-state index contributed by atoms with van der Waals surface area (Å²) in [4.78, 5) is 28.5. The normalized spacial score (nSPS) is 22.6. The van der Waals surface area contributed by atoms with Gasteiger partial charge in [0.1, 0.15) is 23.5 Å². The van der Waals surface area contributed by atoms with E-state index in [1.807, 2.05) is 23.6 Å². The number of nitrogens with zero attached hydrogens (tertiary/aromatic N) is 2. The quantitative estimate of drug-likeness (QED) is 0.676. The third kappa shape index (κ3) is 5.03. The van der Waals surface area contributed by atoms with E-state index in [-0.39, 0.29) is 24.3 Å². The van der Waals surface area contributed by atoms with Crippen molar-refractivity contribution in [2.75, 3.05) is 0 Å². The van der Waals surface area contributed by atoms with Gasteiger partial charge in [0.25, 0.3) is 0 Å². The van der Waals surface area contributed by atoms with Crippen molar-refractivity contribution >= 4 is 23.3 Å². The second-order valence-electron chi connectivity index (χ2n) is 9.74. The van der Waals surface area contributed by atoms with Crippen molar-refractivity contribution in [3.05, 3.63) is 47.1 Å². The fourth-order valence-electron chi connectivity index (χ4n) is 4.82. The molecule has 2 heterocycles. The smallest absolute Gasteiger partial charge is 0.411 e. The molecule has 1 N–H and O–H groups in total. The van der Waals surface area contributed by atoms with Crippen LogP contribution in [0.1, 0.15) is 45.6 Å². The number of thiophene rings is 1. The number of hydrogen-bond acceptors (Lipinski definition) is 5. The van der Waals surface area contributed by atoms with Crippen LogP contribution in [-0.2, 0) is 16.0 Å². The Bertz CT molecular complexity index is 1070. The van der Waals surface area contributed by atoms with Crippen molar-refractivity contribution in [3.8, 4) is 16.5 Å². The van der Waals surface area contributed by atoms with Gasteiger partial charge in [-0.05, 0) is 74.6 Å². The second-order valence-corrected chi connectivity index (χ2v) is 10.7. The minimum atomic E-state index is -0.904. The predicted octanol–water partition coefficient (Wildman–Crippen LogP) is 4.89. The Hall–Kier alpha value is -2.92. The summed E-state index contributed by atoms with van der Waals surface area (Å²) < 4.78 is 20.3. The van der Waals surface area contributed by atoms with Crippen LogP contribution >= 0.6 is 11.3 Å². The van der Waals surface area contributed by atoms with Crippen molar-refractivity contribution < 1.29 is 18.7 Å². The van der Waals surface area contributed by atoms with Gasteiger partial charge in [0.05, 0.1) is 6.07 Å². The molecule has 1 aromatic carbocycles. The van der Waals surface area contributed by atoms with Crippen LogP contribution in [0.3, 0.4) is 0 Å². The van der Waals surface area contributed by atoms with E-state index in [1.165, 1.54) is 17.4 Å². The molecule has 4 rings (SSSR count). The van der Waals surface area contributed by atoms with Crippen molar-refractivity contribution in [1.29, 1.82) is 5.26 Å². The van der Waals surface area contributed by atoms with Crippen LogP contribution in [0.5, 0.6) is 0 Å². The summed E-state index contributed by atoms with van der Waals surface area (Å²) in [7, 11) is 0. The Morgan fingerprint density at radius 3 is 2.76 bits per heavy atom. The first kappa shape index (κ1) is 23.2. The molecule has 2 amide bonds. The Labute approximate surface area is 197 Å². The predicted molar refractivity (Wildman–Crippen MR) is 124 cm³/mol. The van der Waals surface area contributed by atoms with Crippen LogP contribution in [0, 0.1) is 23.1 Å². The molecule has 1 aliphatic carbocycles. The first-order valence-electron chi connectivity index (χ1n) is 11.2. The van der Waals surface area contributed by atoms with Crippen LogP contribution in [0.25, 0.3) is 10.4 Å². The van der Waals surface area contributed by atoms with Crippen molar-refractivity contribution in [2.24, 2.45) is 5.92 Å². The molecule has 0 radical (unpaired) electrons. The summed E-state index contributed by atoms with van der Waals surface area (Å²) in [6, 6.07) is 9.24. The summed E-state index contributed by atoms with van der Waals surface area (Å²) in [6.07, 6.45) is 2.01. The largest absolute Gasteiger partial charge is 0.444 e. The number of ether oxygens (including phenoxy) is 1. The second kappa shape index (κ2) is 9.14. The van der Waals surface area contributed by atoms with Gasteiger partial charge < -0.3 is 10.1 Å². The number of fused-ring (bicyclic) bond motifs is 2. The van der Waals surface area contributed by atoms with Crippen LogP contribution in [0.15, 0.2) is 35.7 Å². The van der Waals surface area contributed by atoms with E-state index in [0.29, 0.717) is 5.56 Å². The molecule has 1 saturated carbocycles. The highest BCUT2D eigenvalue weighted by molar-refractivity contribution is 7.13. The zero-order valence-corrected chi connectivity index (χ0v) is 19.8. The standard InChI is InChI=1S/C25H28FN3O3S/c1-25(2,3)32-24(31)29-19-9-8-17(12-19)22(29)23(30)28-18(14-27)11-15-6-7-16(13-20(15)26)21-5-4-10-33-21/h4-7,10,13,17-19,22H,8-9,11-12H2,1-3H3,(H,28,30)/t17-,18-,19+,22-/m0/s1. The highest BCUT2D eigenvalue weighted by atomic mass is 32.1. The SMILES string of the molecule is CC(C)(C)OC(=O)N1[C@@H]2CC[C@@H](C2)[C@H]1C(=O)N[C@H](C#N)Cc1ccc(-c2cccs2)cc1F. The summed E-state index contributed by atoms with van der Waals surface area (Å²) >= 11 is 1.52. The Morgan fingerprint density at radius 1 is 1.33 bits per heavy atom. The highest BCUT2D eigenvalue weighted by Crippen LogP contribution is 2.43. The Balaban J connectivity index is 1.45. The maximum Gasteiger partial charge on any atom is 0.411 e. The van der Waals surface area contributed by atoms with Gasteiger partial charge >= 0.3 is 6.09 Å². The maximum atomic E-state index is 14.7. The fourth-order valence-corrected chi connectivity index (χ4v) is 5.54. The molecule has 2 bridgehead atoms. The zero-order chi connectivity index (χ0) is 23.8. The monoisotopic (exact) mass is 469 g/mol. The van der Waals surface area contributed by atoms with Gasteiger partial charge in [0.15, 0.2) is 0 Å². The zero-order valence-electron chi connectivity index (χ0n) is 19.0. The molecule has 4 atom stereocenters. The van der Waals surface area contributed by atoms with E-state index in [2.05, 4.69) is 11.4 Å². The average Bonchev–Trinajstić information content (AvgIpc) is 3.50. The molecule has 2 aliphatic rings. The number of amides is 2. The number of halogens is 1. The molecule has 33 heavy (non-hydrogen) atoms. The number of nitriles is 1. The molecular weight excluding hydrogens is 441 g/mol. The number of rotatable bonds is 5. The first-order valence-corrected chi connectivity index (χ1v) is 12.1. The average molecular weight is 470 g/mol. The molecule has 0 unspecified atom stereocenters. The lowest BCUT2D eigenvalue weighted by Gasteiger charge is -2.35. The van der Waals surface area contributed by atoms with Crippen molar-refractivity contribution in [3.63, 3.8) is 0 Å². The van der Waals surface area contributed by atoms with Gasteiger partial charge in [-0.2, -0.15) is 5.26 Å². The van der Waals surface area contributed by atoms with Crippen LogP contribution in [0.2, 0.25) is 0 Å². The minimum Gasteiger partial charge on any atom is -0.444 e. The van der Waals surface area contributed by atoms with Gasteiger partial charge in [-0.3, -0.25) is 9.69 Å². The summed E-state index contributed by atoms with van der Waals surface area (Å²) in [5, 5.41) is 14.3. The van der Waals surface area contributed by atoms with Crippen molar-refractivity contribution in [1.82, 2.24) is 10.2 Å². The number of likely N-dealkylation sites (tertiary alicyclic amines) is 1. The maximum absolute atomic E-state index is 14.7. The molecule has 1 aromatic heterocycles. The number of carbonyl (C=O) groups is 2. The van der Waals surface area contributed by atoms with E-state index in [1.54, 1.807) is 31.7 Å². The number of hydrogen-bond donors (Lipinski definition) is 1. The van der Waals surface area contributed by atoms with E-state index in [9.17, 15) is 19.2 Å². The fraction of sp³-hybridized carbons (Fsp3) is 0.480. The van der Waals surface area contributed by atoms with Crippen molar-refractivity contribution in [2.45, 2.75) is 70.2 Å². The lowest BCUT2D eigenvalue weighted by atomic mass is 9.97. The number of nitrogens with one attached hydrogen (secondary N) is 1. The lowest BCUT2D eigenvalue weighted by molar-refractivity contribution is -0.128. The lowest BCUT2D eigenvalue weighted by Crippen LogP contribution is -2.55. The van der Waals surface area contributed by atoms with Crippen LogP contribution < -0.4 is 5.32 Å². The Morgan fingerprint density at radius 2 is 2.12 bits per heavy atom. The third-order valence-corrected chi connectivity index (χ3v) is 7.13. The van der Waals surface area contributed by atoms with Gasteiger partial charge in [0.2, 0.25) is 5.91 Å². The Kier molecular flexibility index (Phi) is 6.44. The number of piperidine rings is 1.